The van der Waals surface area contributed by atoms with Gasteiger partial charge in [-0.1, -0.05) is 0 Å². The number of hydrogen-bond donors (Lipinski definition) is 2. The molecule has 0 spiro atoms. The molecule has 94 valence electrons. The number of carbonyl (C=O) groups is 2. The molecule has 0 bridgehead atoms. The van der Waals surface area contributed by atoms with E-state index in [9.17, 15) is 9.59 Å². The highest BCUT2D eigenvalue weighted by Gasteiger charge is 2.57. The second-order valence-electron chi connectivity index (χ2n) is 4.33. The van der Waals surface area contributed by atoms with Gasteiger partial charge in [0.2, 0.25) is 5.91 Å². The summed E-state index contributed by atoms with van der Waals surface area (Å²) in [6.45, 7) is 0. The lowest BCUT2D eigenvalue weighted by molar-refractivity contribution is -0.147. The molecule has 0 unspecified atom stereocenters. The molecule has 0 saturated heterocycles. The Morgan fingerprint density at radius 1 is 1.21 bits per heavy atom. The number of nitrogens with one attached hydrogen (secondary N) is 1. The number of benzene rings is 1. The number of rotatable bonds is 3. The van der Waals surface area contributed by atoms with Gasteiger partial charge in [-0.25, -0.2) is 0 Å². The summed E-state index contributed by atoms with van der Waals surface area (Å²) in [5, 5.41) is 29.1. The topological polar surface area (TPSA) is 114 Å². The number of carboxylic acid groups (broad SMARTS) is 1. The number of anilines is 1. The molecule has 0 radical (unpaired) electrons. The molecule has 6 nitrogen and oxygen atoms in total. The average molecular weight is 255 g/mol. The Kier molecular flexibility index (Phi) is 2.94. The summed E-state index contributed by atoms with van der Waals surface area (Å²) in [5.74, 6) is -1.73. The lowest BCUT2D eigenvalue weighted by atomic mass is 10.1. The van der Waals surface area contributed by atoms with Gasteiger partial charge in [0.05, 0.1) is 11.1 Å². The second-order valence-corrected chi connectivity index (χ2v) is 4.33. The van der Waals surface area contributed by atoms with Crippen molar-refractivity contribution in [1.29, 1.82) is 10.5 Å². The van der Waals surface area contributed by atoms with Crippen LogP contribution in [-0.4, -0.2) is 17.0 Å². The Morgan fingerprint density at radius 2 is 1.84 bits per heavy atom. The molecule has 0 aromatic heterocycles. The van der Waals surface area contributed by atoms with E-state index in [1.807, 2.05) is 12.1 Å². The molecule has 1 fully saturated rings. The zero-order valence-electron chi connectivity index (χ0n) is 9.80. The van der Waals surface area contributed by atoms with Gasteiger partial charge in [-0.2, -0.15) is 10.5 Å². The predicted octanol–water partition coefficient (Wildman–Crippen LogP) is 1.23. The maximum Gasteiger partial charge on any atom is 0.319 e. The molecule has 1 aromatic carbocycles. The first-order valence-corrected chi connectivity index (χ1v) is 5.52. The highest BCUT2D eigenvalue weighted by atomic mass is 16.4. The van der Waals surface area contributed by atoms with Gasteiger partial charge in [0.1, 0.15) is 17.6 Å². The van der Waals surface area contributed by atoms with E-state index in [1.165, 1.54) is 18.2 Å². The van der Waals surface area contributed by atoms with Crippen molar-refractivity contribution >= 4 is 17.6 Å². The standard InChI is InChI=1S/C13H9N3O3/c14-6-8-1-2-10(5-9(8)7-15)16-11(17)13(3-4-13)12(18)19/h1-2,5H,3-4H2,(H,16,17)(H,18,19). The van der Waals surface area contributed by atoms with Gasteiger partial charge in [0.25, 0.3) is 0 Å². The number of amides is 1. The highest BCUT2D eigenvalue weighted by molar-refractivity contribution is 6.10. The molecule has 0 heterocycles. The first kappa shape index (κ1) is 12.6. The fraction of sp³-hybridized carbons (Fsp3) is 0.231. The van der Waals surface area contributed by atoms with Gasteiger partial charge in [-0.05, 0) is 31.0 Å². The monoisotopic (exact) mass is 255 g/mol. The molecule has 1 aliphatic rings. The third kappa shape index (κ3) is 2.12. The minimum absolute atomic E-state index is 0.139. The van der Waals surface area contributed by atoms with Gasteiger partial charge in [-0.3, -0.25) is 9.59 Å². The zero-order valence-corrected chi connectivity index (χ0v) is 9.80. The molecule has 2 N–H and O–H groups in total. The van der Waals surface area contributed by atoms with E-state index in [0.29, 0.717) is 18.5 Å². The Morgan fingerprint density at radius 3 is 2.32 bits per heavy atom. The molecular weight excluding hydrogens is 246 g/mol. The van der Waals surface area contributed by atoms with Gasteiger partial charge >= 0.3 is 5.97 Å². The van der Waals surface area contributed by atoms with E-state index in [0.717, 1.165) is 0 Å². The number of nitriles is 2. The predicted molar refractivity (Wildman–Crippen MR) is 63.8 cm³/mol. The van der Waals surface area contributed by atoms with Crippen molar-refractivity contribution in [2.75, 3.05) is 5.32 Å². The van der Waals surface area contributed by atoms with Crippen molar-refractivity contribution in [2.24, 2.45) is 5.41 Å². The second kappa shape index (κ2) is 4.43. The summed E-state index contributed by atoms with van der Waals surface area (Å²) in [6, 6.07) is 7.94. The molecule has 0 aliphatic heterocycles. The van der Waals surface area contributed by atoms with E-state index < -0.39 is 17.3 Å². The van der Waals surface area contributed by atoms with Crippen LogP contribution in [0.5, 0.6) is 0 Å². The summed E-state index contributed by atoms with van der Waals surface area (Å²) >= 11 is 0. The molecule has 6 heteroatoms. The largest absolute Gasteiger partial charge is 0.480 e. The van der Waals surface area contributed by atoms with Crippen LogP contribution >= 0.6 is 0 Å². The van der Waals surface area contributed by atoms with Crippen molar-refractivity contribution in [2.45, 2.75) is 12.8 Å². The quantitative estimate of drug-likeness (QED) is 0.788. The minimum Gasteiger partial charge on any atom is -0.480 e. The van der Waals surface area contributed by atoms with Crippen molar-refractivity contribution in [3.05, 3.63) is 29.3 Å². The van der Waals surface area contributed by atoms with Crippen LogP contribution in [0.1, 0.15) is 24.0 Å². The van der Waals surface area contributed by atoms with E-state index >= 15 is 0 Å². The first-order chi connectivity index (χ1) is 9.03. The van der Waals surface area contributed by atoms with Crippen LogP contribution in [0.3, 0.4) is 0 Å². The van der Waals surface area contributed by atoms with Crippen molar-refractivity contribution in [3.63, 3.8) is 0 Å². The van der Waals surface area contributed by atoms with E-state index in [-0.39, 0.29) is 11.1 Å². The fourth-order valence-corrected chi connectivity index (χ4v) is 1.73. The minimum atomic E-state index is -1.33. The summed E-state index contributed by atoms with van der Waals surface area (Å²) in [5.41, 5.74) is -0.672. The Bertz CT molecular complexity index is 648. The smallest absolute Gasteiger partial charge is 0.319 e. The number of carboxylic acids is 1. The third-order valence-electron chi connectivity index (χ3n) is 3.11. The third-order valence-corrected chi connectivity index (χ3v) is 3.11. The Balaban J connectivity index is 2.22. The molecule has 1 amide bonds. The number of carbonyl (C=O) groups excluding carboxylic acids is 1. The molecule has 2 rings (SSSR count). The summed E-state index contributed by atoms with van der Waals surface area (Å²) < 4.78 is 0. The van der Waals surface area contributed by atoms with E-state index in [4.69, 9.17) is 15.6 Å². The van der Waals surface area contributed by atoms with Crippen LogP contribution in [0.2, 0.25) is 0 Å². The van der Waals surface area contributed by atoms with Crippen molar-refractivity contribution in [1.82, 2.24) is 0 Å². The lowest BCUT2D eigenvalue weighted by Crippen LogP contribution is -2.31. The number of aliphatic carboxylic acids is 1. The van der Waals surface area contributed by atoms with Crippen LogP contribution in [0, 0.1) is 28.1 Å². The molecular formula is C13H9N3O3. The molecule has 19 heavy (non-hydrogen) atoms. The SMILES string of the molecule is N#Cc1ccc(NC(=O)C2(C(=O)O)CC2)cc1C#N. The Hall–Kier alpha value is -2.86. The van der Waals surface area contributed by atoms with Crippen LogP contribution in [0.15, 0.2) is 18.2 Å². The Labute approximate surface area is 108 Å². The maximum atomic E-state index is 11.9. The van der Waals surface area contributed by atoms with Crippen LogP contribution < -0.4 is 5.32 Å². The van der Waals surface area contributed by atoms with Crippen LogP contribution in [-0.2, 0) is 9.59 Å². The van der Waals surface area contributed by atoms with E-state index in [2.05, 4.69) is 5.32 Å². The zero-order chi connectivity index (χ0) is 14.0. The van der Waals surface area contributed by atoms with Gasteiger partial charge in [0.15, 0.2) is 0 Å². The fourth-order valence-electron chi connectivity index (χ4n) is 1.73. The van der Waals surface area contributed by atoms with Gasteiger partial charge < -0.3 is 10.4 Å². The van der Waals surface area contributed by atoms with Crippen LogP contribution in [0.25, 0.3) is 0 Å². The summed E-state index contributed by atoms with van der Waals surface area (Å²) in [7, 11) is 0. The average Bonchev–Trinajstić information content (AvgIpc) is 3.20. The molecule has 1 aliphatic carbocycles. The summed E-state index contributed by atoms with van der Waals surface area (Å²) in [4.78, 5) is 22.8. The van der Waals surface area contributed by atoms with Gasteiger partial charge in [-0.15, -0.1) is 0 Å². The van der Waals surface area contributed by atoms with Crippen LogP contribution in [0.4, 0.5) is 5.69 Å². The molecule has 0 atom stereocenters. The van der Waals surface area contributed by atoms with Gasteiger partial charge in [0, 0.05) is 5.69 Å². The molecule has 1 saturated carbocycles. The normalized spacial score (nSPS) is 14.8. The summed E-state index contributed by atoms with van der Waals surface area (Å²) in [6.07, 6.45) is 0.630. The lowest BCUT2D eigenvalue weighted by Gasteiger charge is -2.11. The van der Waals surface area contributed by atoms with E-state index in [1.54, 1.807) is 0 Å². The number of hydrogen-bond acceptors (Lipinski definition) is 4. The number of nitrogens with zero attached hydrogens (tertiary/aromatic N) is 2. The maximum absolute atomic E-state index is 11.9. The van der Waals surface area contributed by atoms with Crippen molar-refractivity contribution in [3.8, 4) is 12.1 Å². The van der Waals surface area contributed by atoms with Crippen molar-refractivity contribution < 1.29 is 14.7 Å². The highest BCUT2D eigenvalue weighted by Crippen LogP contribution is 2.46. The molecule has 1 aromatic rings. The first-order valence-electron chi connectivity index (χ1n) is 5.52.